The summed E-state index contributed by atoms with van der Waals surface area (Å²) in [5.41, 5.74) is 3.28. The fourth-order valence-corrected chi connectivity index (χ4v) is 4.62. The third-order valence-corrected chi connectivity index (χ3v) is 7.34. The van der Waals surface area contributed by atoms with Crippen LogP contribution < -0.4 is 29.6 Å². The zero-order valence-corrected chi connectivity index (χ0v) is 27.3. The first-order valence-electron chi connectivity index (χ1n) is 15.0. The smallest absolute Gasteiger partial charge is 0.259 e. The zero-order valence-electron chi connectivity index (χ0n) is 26.4. The van der Waals surface area contributed by atoms with Crippen molar-refractivity contribution in [2.45, 2.75) is 31.6 Å². The number of aryl methyl sites for hydroxylation is 2. The van der Waals surface area contributed by atoms with Crippen molar-refractivity contribution in [3.05, 3.63) is 107 Å². The Hall–Kier alpha value is -4.75. The van der Waals surface area contributed by atoms with Gasteiger partial charge in [-0.05, 0) is 74.5 Å². The van der Waals surface area contributed by atoms with Gasteiger partial charge in [-0.25, -0.2) is 5.26 Å². The molecule has 0 fully saturated rings. The molecule has 0 spiro atoms. The molecule has 4 aromatic rings. The van der Waals surface area contributed by atoms with Gasteiger partial charge in [-0.1, -0.05) is 40.4 Å². The van der Waals surface area contributed by atoms with Gasteiger partial charge < -0.3 is 29.6 Å². The number of hydrogen-bond donors (Lipinski definition) is 3. The lowest BCUT2D eigenvalue weighted by molar-refractivity contribution is -0.432. The minimum absolute atomic E-state index is 0.217. The van der Waals surface area contributed by atoms with Crippen LogP contribution in [-0.2, 0) is 9.37 Å². The fourth-order valence-electron chi connectivity index (χ4n) is 4.27. The lowest BCUT2D eigenvalue weighted by Gasteiger charge is -2.17. The minimum atomic E-state index is -0.408. The number of nitrogens with one attached hydrogen (secondary N) is 2. The molecule has 4 rings (SSSR count). The van der Waals surface area contributed by atoms with Gasteiger partial charge in [0, 0.05) is 30.5 Å². The predicted octanol–water partition coefficient (Wildman–Crippen LogP) is 7.04. The molecule has 0 bridgehead atoms. The molecule has 0 radical (unpaired) electrons. The van der Waals surface area contributed by atoms with E-state index >= 15 is 0 Å². The summed E-state index contributed by atoms with van der Waals surface area (Å²) in [6, 6.07) is 25.3. The Morgan fingerprint density at radius 3 is 1.64 bits per heavy atom. The van der Waals surface area contributed by atoms with E-state index in [1.165, 1.54) is 19.2 Å². The van der Waals surface area contributed by atoms with E-state index < -0.39 is 5.91 Å². The van der Waals surface area contributed by atoms with Crippen molar-refractivity contribution < 1.29 is 43.2 Å². The number of ether oxygens (including phenoxy) is 4. The Kier molecular flexibility index (Phi) is 13.8. The van der Waals surface area contributed by atoms with Crippen LogP contribution in [-0.4, -0.2) is 50.5 Å². The molecule has 4 aromatic carbocycles. The second-order valence-electron chi connectivity index (χ2n) is 10.4. The SMILES string of the molecule is CNC(=O)c1cc(OCCCOc2ccc(C)cc2)c(C(=O)Nc2ccc(C)cc2)cc1OCCCOc1ccc(SOOO)cc1. The van der Waals surface area contributed by atoms with Crippen LogP contribution in [0.15, 0.2) is 89.8 Å². The first-order valence-corrected chi connectivity index (χ1v) is 15.7. The van der Waals surface area contributed by atoms with Crippen molar-refractivity contribution in [3.63, 3.8) is 0 Å². The number of benzene rings is 4. The van der Waals surface area contributed by atoms with Crippen LogP contribution in [0.1, 0.15) is 44.7 Å². The van der Waals surface area contributed by atoms with E-state index in [4.69, 9.17) is 24.2 Å². The number of hydrogen-bond acceptors (Lipinski definition) is 10. The average molecular weight is 663 g/mol. The second-order valence-corrected chi connectivity index (χ2v) is 11.1. The Morgan fingerprint density at radius 1 is 0.660 bits per heavy atom. The number of carbonyl (C=O) groups excluding carboxylic acids is 2. The van der Waals surface area contributed by atoms with Crippen LogP contribution in [0.4, 0.5) is 5.69 Å². The summed E-state index contributed by atoms with van der Waals surface area (Å²) in [4.78, 5) is 27.1. The molecule has 0 atom stereocenters. The van der Waals surface area contributed by atoms with Gasteiger partial charge in [-0.2, -0.15) is 0 Å². The standard InChI is InChI=1S/C35H38N2O9S/c1-24-6-10-26(11-7-24)37-35(39)31-23-32(43-20-5-19-42-28-14-16-29(17-15-28)47-46-45-40)30(34(38)36-3)22-33(31)44-21-4-18-41-27-12-8-25(2)9-13-27/h6-17,22-23,40H,4-5,18-21H2,1-3H3,(H,36,38)(H,37,39). The molecule has 248 valence electrons. The number of carbonyl (C=O) groups is 2. The van der Waals surface area contributed by atoms with Crippen LogP contribution in [0, 0.1) is 13.8 Å². The molecule has 0 aromatic heterocycles. The van der Waals surface area contributed by atoms with Crippen LogP contribution in [0.2, 0.25) is 0 Å². The summed E-state index contributed by atoms with van der Waals surface area (Å²) in [5.74, 6) is 1.08. The molecule has 0 aliphatic heterocycles. The van der Waals surface area contributed by atoms with Crippen molar-refractivity contribution in [1.29, 1.82) is 0 Å². The maximum Gasteiger partial charge on any atom is 0.259 e. The fraction of sp³-hybridized carbons (Fsp3) is 0.257. The highest BCUT2D eigenvalue weighted by Crippen LogP contribution is 2.31. The maximum absolute atomic E-state index is 13.5. The quantitative estimate of drug-likeness (QED) is 0.0441. The Bertz CT molecular complexity index is 1580. The van der Waals surface area contributed by atoms with E-state index in [2.05, 4.69) is 20.0 Å². The normalized spacial score (nSPS) is 10.6. The van der Waals surface area contributed by atoms with Gasteiger partial charge >= 0.3 is 0 Å². The lowest BCUT2D eigenvalue weighted by atomic mass is 10.1. The van der Waals surface area contributed by atoms with Crippen LogP contribution in [0.3, 0.4) is 0 Å². The van der Waals surface area contributed by atoms with Crippen molar-refractivity contribution in [2.24, 2.45) is 0 Å². The Labute approximate surface area is 278 Å². The molecule has 0 heterocycles. The molecular formula is C35H38N2O9S. The van der Waals surface area contributed by atoms with E-state index in [0.29, 0.717) is 42.4 Å². The van der Waals surface area contributed by atoms with E-state index in [-0.39, 0.29) is 41.7 Å². The molecule has 0 unspecified atom stereocenters. The Balaban J connectivity index is 1.43. The summed E-state index contributed by atoms with van der Waals surface area (Å²) in [5, 5.41) is 17.4. The van der Waals surface area contributed by atoms with Gasteiger partial charge in [0.25, 0.3) is 11.8 Å². The molecule has 0 aliphatic rings. The third-order valence-electron chi connectivity index (χ3n) is 6.74. The molecule has 0 aliphatic carbocycles. The van der Waals surface area contributed by atoms with Gasteiger partial charge in [-0.3, -0.25) is 9.59 Å². The third kappa shape index (κ3) is 11.2. The molecule has 0 saturated carbocycles. The molecule has 11 nitrogen and oxygen atoms in total. The highest BCUT2D eigenvalue weighted by atomic mass is 32.2. The lowest BCUT2D eigenvalue weighted by Crippen LogP contribution is -2.21. The van der Waals surface area contributed by atoms with Crippen molar-refractivity contribution in [1.82, 2.24) is 5.32 Å². The van der Waals surface area contributed by atoms with Gasteiger partial charge in [0.15, 0.2) is 0 Å². The summed E-state index contributed by atoms with van der Waals surface area (Å²) in [6.45, 7) is 5.20. The summed E-state index contributed by atoms with van der Waals surface area (Å²) >= 11 is 0.851. The summed E-state index contributed by atoms with van der Waals surface area (Å²) < 4.78 is 28.1. The van der Waals surface area contributed by atoms with E-state index in [0.717, 1.165) is 28.9 Å². The minimum Gasteiger partial charge on any atom is -0.493 e. The summed E-state index contributed by atoms with van der Waals surface area (Å²) in [7, 11) is 1.52. The number of rotatable bonds is 18. The van der Waals surface area contributed by atoms with Crippen molar-refractivity contribution >= 4 is 29.5 Å². The van der Waals surface area contributed by atoms with Gasteiger partial charge in [0.1, 0.15) is 23.0 Å². The molecule has 3 N–H and O–H groups in total. The number of amides is 2. The van der Waals surface area contributed by atoms with E-state index in [9.17, 15) is 9.59 Å². The van der Waals surface area contributed by atoms with Crippen LogP contribution in [0.25, 0.3) is 0 Å². The van der Waals surface area contributed by atoms with Crippen molar-refractivity contribution in [3.8, 4) is 23.0 Å². The van der Waals surface area contributed by atoms with E-state index in [1.807, 2.05) is 62.4 Å². The zero-order chi connectivity index (χ0) is 33.4. The first-order chi connectivity index (χ1) is 22.9. The Morgan fingerprint density at radius 2 is 1.13 bits per heavy atom. The average Bonchev–Trinajstić information content (AvgIpc) is 3.09. The van der Waals surface area contributed by atoms with Gasteiger partial charge in [0.2, 0.25) is 0 Å². The maximum atomic E-state index is 13.5. The van der Waals surface area contributed by atoms with Gasteiger partial charge in [-0.15, -0.1) is 4.33 Å². The molecular weight excluding hydrogens is 624 g/mol. The predicted molar refractivity (Wildman–Crippen MR) is 178 cm³/mol. The van der Waals surface area contributed by atoms with Gasteiger partial charge in [0.05, 0.1) is 49.6 Å². The van der Waals surface area contributed by atoms with Crippen LogP contribution in [0.5, 0.6) is 23.0 Å². The topological polar surface area (TPSA) is 134 Å². The number of anilines is 1. The monoisotopic (exact) mass is 662 g/mol. The molecule has 0 saturated heterocycles. The largest absolute Gasteiger partial charge is 0.493 e. The highest BCUT2D eigenvalue weighted by molar-refractivity contribution is 7.94. The second kappa shape index (κ2) is 18.4. The van der Waals surface area contributed by atoms with E-state index in [1.54, 1.807) is 24.3 Å². The summed E-state index contributed by atoms with van der Waals surface area (Å²) in [6.07, 6.45) is 1.04. The highest BCUT2D eigenvalue weighted by Gasteiger charge is 2.22. The molecule has 2 amide bonds. The molecule has 12 heteroatoms. The molecule has 47 heavy (non-hydrogen) atoms. The van der Waals surface area contributed by atoms with Crippen LogP contribution >= 0.6 is 12.0 Å². The first kappa shape index (κ1) is 35.1. The van der Waals surface area contributed by atoms with Crippen molar-refractivity contribution in [2.75, 3.05) is 38.8 Å².